The fraction of sp³-hybridized carbons (Fsp3) is 0.517. The first-order valence-corrected chi connectivity index (χ1v) is 13.1. The third-order valence-electron chi connectivity index (χ3n) is 8.29. The summed E-state index contributed by atoms with van der Waals surface area (Å²) in [6.45, 7) is 5.02. The highest BCUT2D eigenvalue weighted by Gasteiger charge is 2.49. The van der Waals surface area contributed by atoms with E-state index in [4.69, 9.17) is 9.47 Å². The zero-order valence-corrected chi connectivity index (χ0v) is 22.7. The van der Waals surface area contributed by atoms with Gasteiger partial charge in [0.2, 0.25) is 5.78 Å². The molecule has 2 bridgehead atoms. The van der Waals surface area contributed by atoms with Crippen molar-refractivity contribution in [3.8, 4) is 5.75 Å². The molecule has 4 aliphatic heterocycles. The second kappa shape index (κ2) is 11.9. The van der Waals surface area contributed by atoms with E-state index in [0.29, 0.717) is 18.0 Å². The van der Waals surface area contributed by atoms with Gasteiger partial charge in [-0.25, -0.2) is 4.79 Å². The molecular weight excluding hydrogens is 520 g/mol. The van der Waals surface area contributed by atoms with Crippen molar-refractivity contribution in [3.05, 3.63) is 65.7 Å². The van der Waals surface area contributed by atoms with Crippen LogP contribution in [0.1, 0.15) is 54.1 Å². The van der Waals surface area contributed by atoms with Crippen LogP contribution >= 0.6 is 0 Å². The van der Waals surface area contributed by atoms with Crippen molar-refractivity contribution < 1.29 is 40.5 Å². The van der Waals surface area contributed by atoms with E-state index in [-0.39, 0.29) is 40.9 Å². The molecule has 6 rings (SSSR count). The van der Waals surface area contributed by atoms with Gasteiger partial charge in [-0.2, -0.15) is 0 Å². The van der Waals surface area contributed by atoms with Crippen LogP contribution in [-0.4, -0.2) is 73.6 Å². The van der Waals surface area contributed by atoms with Gasteiger partial charge < -0.3 is 30.9 Å². The Bertz CT molecular complexity index is 1020. The highest BCUT2D eigenvalue weighted by Crippen LogP contribution is 2.37. The molecule has 0 spiro atoms. The second-order valence-electron chi connectivity index (χ2n) is 10.5. The molecule has 194 valence electrons. The van der Waals surface area contributed by atoms with Crippen LogP contribution in [-0.2, 0) is 9.53 Å². The summed E-state index contributed by atoms with van der Waals surface area (Å²) in [5, 5.41) is 0. The summed E-state index contributed by atoms with van der Waals surface area (Å²) in [5.41, 5.74) is 1.73. The molecule has 0 aliphatic carbocycles. The minimum absolute atomic E-state index is 0. The molecule has 4 saturated heterocycles. The van der Waals surface area contributed by atoms with Gasteiger partial charge in [0.1, 0.15) is 24.9 Å². The summed E-state index contributed by atoms with van der Waals surface area (Å²) >= 11 is 0. The number of ether oxygens (including phenoxy) is 2. The highest BCUT2D eigenvalue weighted by molar-refractivity contribution is 5.97. The van der Waals surface area contributed by atoms with Crippen LogP contribution in [0.4, 0.5) is 0 Å². The maximum atomic E-state index is 13.6. The SMILES string of the molecule is COc1ccc(C(=O)C[N+]23CCC(CC2)[C@@H](OC(=O)C(c2ccccc2)N2CCCCC2)C3)cc1.[Br-]. The number of halogens is 1. The number of ketones is 1. The summed E-state index contributed by atoms with van der Waals surface area (Å²) in [6.07, 6.45) is 5.36. The molecule has 4 fully saturated rings. The molecule has 4 heterocycles. The molecule has 4 aliphatic rings. The number of hydrogen-bond acceptors (Lipinski definition) is 5. The van der Waals surface area contributed by atoms with Gasteiger partial charge in [-0.05, 0) is 55.8 Å². The molecular formula is C29H37BrN2O4. The third kappa shape index (κ3) is 5.84. The van der Waals surface area contributed by atoms with Gasteiger partial charge in [-0.1, -0.05) is 36.8 Å². The first-order chi connectivity index (χ1) is 17.1. The van der Waals surface area contributed by atoms with Crippen molar-refractivity contribution in [1.82, 2.24) is 4.90 Å². The lowest BCUT2D eigenvalue weighted by Crippen LogP contribution is -3.00. The summed E-state index contributed by atoms with van der Waals surface area (Å²) in [5.74, 6) is 1.17. The normalized spacial score (nSPS) is 26.5. The number of esters is 1. The van der Waals surface area contributed by atoms with Crippen LogP contribution in [0.25, 0.3) is 0 Å². The first-order valence-electron chi connectivity index (χ1n) is 13.1. The Morgan fingerprint density at radius 2 is 1.64 bits per heavy atom. The van der Waals surface area contributed by atoms with Crippen LogP contribution < -0.4 is 21.7 Å². The van der Waals surface area contributed by atoms with Crippen LogP contribution in [0.5, 0.6) is 5.75 Å². The summed E-state index contributed by atoms with van der Waals surface area (Å²) in [6, 6.07) is 17.1. The quantitative estimate of drug-likeness (QED) is 0.278. The number of benzene rings is 2. The van der Waals surface area contributed by atoms with Crippen molar-refractivity contribution in [1.29, 1.82) is 0 Å². The summed E-state index contributed by atoms with van der Waals surface area (Å²) in [7, 11) is 1.63. The van der Waals surface area contributed by atoms with E-state index in [9.17, 15) is 9.59 Å². The molecule has 0 aromatic heterocycles. The molecule has 0 saturated carbocycles. The predicted molar refractivity (Wildman–Crippen MR) is 134 cm³/mol. The predicted octanol–water partition coefficient (Wildman–Crippen LogP) is 1.26. The number of carbonyl (C=O) groups is 2. The van der Waals surface area contributed by atoms with Crippen LogP contribution in [0, 0.1) is 5.92 Å². The number of methoxy groups -OCH3 is 1. The van der Waals surface area contributed by atoms with Gasteiger partial charge in [0.25, 0.3) is 0 Å². The van der Waals surface area contributed by atoms with E-state index < -0.39 is 0 Å². The molecule has 6 nitrogen and oxygen atoms in total. The van der Waals surface area contributed by atoms with Crippen LogP contribution in [0.3, 0.4) is 0 Å². The Hall–Kier alpha value is -2.22. The maximum absolute atomic E-state index is 13.6. The van der Waals surface area contributed by atoms with E-state index in [1.54, 1.807) is 7.11 Å². The van der Waals surface area contributed by atoms with Gasteiger partial charge in [-0.3, -0.25) is 9.69 Å². The zero-order chi connectivity index (χ0) is 24.3. The van der Waals surface area contributed by atoms with Crippen molar-refractivity contribution in [2.75, 3.05) is 46.4 Å². The average Bonchev–Trinajstić information content (AvgIpc) is 2.90. The Kier molecular flexibility index (Phi) is 8.86. The third-order valence-corrected chi connectivity index (χ3v) is 8.29. The Morgan fingerprint density at radius 3 is 2.28 bits per heavy atom. The first kappa shape index (κ1) is 26.8. The van der Waals surface area contributed by atoms with Crippen molar-refractivity contribution in [3.63, 3.8) is 0 Å². The maximum Gasteiger partial charge on any atom is 0.328 e. The van der Waals surface area contributed by atoms with Gasteiger partial charge in [-0.15, -0.1) is 0 Å². The number of rotatable bonds is 8. The summed E-state index contributed by atoms with van der Waals surface area (Å²) < 4.78 is 12.3. The monoisotopic (exact) mass is 556 g/mol. The lowest BCUT2D eigenvalue weighted by molar-refractivity contribution is -0.938. The smallest absolute Gasteiger partial charge is 0.328 e. The van der Waals surface area contributed by atoms with E-state index in [1.807, 2.05) is 54.6 Å². The molecule has 0 N–H and O–H groups in total. The molecule has 7 heteroatoms. The highest BCUT2D eigenvalue weighted by atomic mass is 79.9. The van der Waals surface area contributed by atoms with Crippen molar-refractivity contribution in [2.45, 2.75) is 44.2 Å². The largest absolute Gasteiger partial charge is 1.00 e. The van der Waals surface area contributed by atoms with E-state index in [1.165, 1.54) is 6.42 Å². The number of fused-ring (bicyclic) bond motifs is 3. The number of quaternary nitrogens is 1. The molecule has 2 aromatic carbocycles. The Balaban J connectivity index is 0.00000304. The second-order valence-corrected chi connectivity index (χ2v) is 10.5. The Labute approximate surface area is 224 Å². The molecule has 36 heavy (non-hydrogen) atoms. The molecule has 2 atom stereocenters. The number of nitrogens with zero attached hydrogens (tertiary/aromatic N) is 2. The number of Topliss-reactive ketones (excluding diaryl/α,β-unsaturated/α-hetero) is 1. The molecule has 0 radical (unpaired) electrons. The number of hydrogen-bond donors (Lipinski definition) is 0. The minimum Gasteiger partial charge on any atom is -1.00 e. The van der Waals surface area contributed by atoms with Gasteiger partial charge in [0.05, 0.1) is 20.2 Å². The summed E-state index contributed by atoms with van der Waals surface area (Å²) in [4.78, 5) is 29.1. The fourth-order valence-corrected chi connectivity index (χ4v) is 6.27. The van der Waals surface area contributed by atoms with Crippen LogP contribution in [0.2, 0.25) is 0 Å². The van der Waals surface area contributed by atoms with E-state index in [2.05, 4.69) is 4.90 Å². The van der Waals surface area contributed by atoms with Gasteiger partial charge in [0.15, 0.2) is 6.10 Å². The lowest BCUT2D eigenvalue weighted by Gasteiger charge is -2.51. The number of carbonyl (C=O) groups excluding carboxylic acids is 2. The Morgan fingerprint density at radius 1 is 0.972 bits per heavy atom. The average molecular weight is 558 g/mol. The van der Waals surface area contributed by atoms with E-state index in [0.717, 1.165) is 74.2 Å². The standard InChI is InChI=1S/C29H37N2O4.BrH/c1-34-25-12-10-22(11-13-25)26(32)20-31-18-14-23(15-19-31)27(21-31)35-29(33)28(24-8-4-2-5-9-24)30-16-6-3-7-17-30;/h2,4-5,8-13,23,27-28H,3,6-7,14-21H2,1H3;1H/q+1;/p-1/t23?,27-,28?,31?;/m0./s1. The topological polar surface area (TPSA) is 55.8 Å². The number of piperidine rings is 4. The fourth-order valence-electron chi connectivity index (χ4n) is 6.27. The molecule has 0 amide bonds. The lowest BCUT2D eigenvalue weighted by atomic mass is 9.82. The van der Waals surface area contributed by atoms with Gasteiger partial charge >= 0.3 is 5.97 Å². The van der Waals surface area contributed by atoms with Gasteiger partial charge in [0, 0.05) is 24.3 Å². The van der Waals surface area contributed by atoms with Crippen LogP contribution in [0.15, 0.2) is 54.6 Å². The van der Waals surface area contributed by atoms with E-state index >= 15 is 0 Å². The zero-order valence-electron chi connectivity index (χ0n) is 21.1. The molecule has 2 aromatic rings. The van der Waals surface area contributed by atoms with Crippen molar-refractivity contribution >= 4 is 11.8 Å². The van der Waals surface area contributed by atoms with Crippen molar-refractivity contribution in [2.24, 2.45) is 5.92 Å². The molecule has 1 unspecified atom stereocenters. The minimum atomic E-state index is -0.346. The number of likely N-dealkylation sites (tertiary alicyclic amines) is 1.